The van der Waals surface area contributed by atoms with Crippen LogP contribution in [-0.2, 0) is 11.2 Å². The molecule has 1 fully saturated rings. The summed E-state index contributed by atoms with van der Waals surface area (Å²) in [6.07, 6.45) is 1.50. The Hall–Kier alpha value is -3.42. The molecule has 0 aromatic heterocycles. The number of amides is 1. The number of hydrogen-bond acceptors (Lipinski definition) is 5. The average molecular weight is 542 g/mol. The second-order valence-electron chi connectivity index (χ2n) is 9.09. The van der Waals surface area contributed by atoms with Crippen molar-refractivity contribution >= 4 is 35.3 Å². The molecule has 7 nitrogen and oxygen atoms in total. The monoisotopic (exact) mass is 541 g/mol. The van der Waals surface area contributed by atoms with Gasteiger partial charge >= 0.3 is 6.16 Å². The zero-order chi connectivity index (χ0) is 25.9. The summed E-state index contributed by atoms with van der Waals surface area (Å²) in [4.78, 5) is 23.5. The minimum atomic E-state index is -1.36. The highest BCUT2D eigenvalue weighted by atomic mass is 35.5. The number of carboxylic acid groups (broad SMARTS) is 1. The number of rotatable bonds is 8. The maximum Gasteiger partial charge on any atom is 0.506 e. The Morgan fingerprint density at radius 2 is 1.78 bits per heavy atom. The highest BCUT2D eigenvalue weighted by Crippen LogP contribution is 2.42. The third kappa shape index (κ3) is 6.12. The number of ether oxygens (including phenoxy) is 3. The summed E-state index contributed by atoms with van der Waals surface area (Å²) in [5.74, 6) is 1.74. The van der Waals surface area contributed by atoms with Gasteiger partial charge in [-0.15, -0.1) is 0 Å². The molecule has 1 aliphatic carbocycles. The van der Waals surface area contributed by atoms with Gasteiger partial charge in [-0.2, -0.15) is 0 Å². The van der Waals surface area contributed by atoms with Crippen LogP contribution in [0.1, 0.15) is 58.3 Å². The highest BCUT2D eigenvalue weighted by Gasteiger charge is 2.27. The molecule has 3 aromatic carbocycles. The lowest BCUT2D eigenvalue weighted by atomic mass is 10.0. The van der Waals surface area contributed by atoms with Gasteiger partial charge in [0.05, 0.1) is 11.6 Å². The Balaban J connectivity index is 1.17. The van der Waals surface area contributed by atoms with E-state index < -0.39 is 12.3 Å². The second kappa shape index (κ2) is 10.9. The first-order valence-corrected chi connectivity index (χ1v) is 12.8. The summed E-state index contributed by atoms with van der Waals surface area (Å²) in [6.45, 7) is 0.782. The molecule has 1 atom stereocenters. The van der Waals surface area contributed by atoms with Crippen molar-refractivity contribution < 1.29 is 28.9 Å². The van der Waals surface area contributed by atoms with Crippen LogP contribution >= 0.6 is 23.2 Å². The summed E-state index contributed by atoms with van der Waals surface area (Å²) >= 11 is 12.8. The second-order valence-corrected chi connectivity index (χ2v) is 9.90. The lowest BCUT2D eigenvalue weighted by Gasteiger charge is -2.25. The quantitative estimate of drug-likeness (QED) is 0.294. The molecule has 0 spiro atoms. The van der Waals surface area contributed by atoms with Gasteiger partial charge in [0, 0.05) is 35.2 Å². The van der Waals surface area contributed by atoms with E-state index in [0.29, 0.717) is 60.3 Å². The minimum absolute atomic E-state index is 0.193. The lowest BCUT2D eigenvalue weighted by Crippen LogP contribution is -2.25. The molecule has 1 saturated carbocycles. The predicted octanol–water partition coefficient (Wildman–Crippen LogP) is 7.15. The van der Waals surface area contributed by atoms with E-state index >= 15 is 0 Å². The van der Waals surface area contributed by atoms with E-state index in [1.165, 1.54) is 18.4 Å². The molecule has 1 unspecified atom stereocenters. The fourth-order valence-electron chi connectivity index (χ4n) is 4.33. The first kappa shape index (κ1) is 25.2. The number of carbonyl (C=O) groups excluding carboxylic acids is 1. The predicted molar refractivity (Wildman–Crippen MR) is 139 cm³/mol. The molecule has 37 heavy (non-hydrogen) atoms. The van der Waals surface area contributed by atoms with E-state index in [2.05, 4.69) is 11.4 Å². The number of benzene rings is 3. The van der Waals surface area contributed by atoms with Crippen LogP contribution in [0.3, 0.4) is 0 Å². The molecular weight excluding hydrogens is 517 g/mol. The van der Waals surface area contributed by atoms with E-state index in [-0.39, 0.29) is 10.9 Å². The van der Waals surface area contributed by atoms with Crippen molar-refractivity contribution in [2.24, 2.45) is 0 Å². The van der Waals surface area contributed by atoms with Crippen LogP contribution in [0.15, 0.2) is 54.6 Å². The maximum absolute atomic E-state index is 12.6. The Bertz CT molecular complexity index is 1320. The number of halogens is 2. The first-order chi connectivity index (χ1) is 17.9. The third-order valence-corrected chi connectivity index (χ3v) is 7.09. The van der Waals surface area contributed by atoms with Crippen LogP contribution in [-0.4, -0.2) is 30.3 Å². The van der Waals surface area contributed by atoms with Crippen molar-refractivity contribution in [1.82, 2.24) is 5.32 Å². The summed E-state index contributed by atoms with van der Waals surface area (Å²) < 4.78 is 16.5. The first-order valence-electron chi connectivity index (χ1n) is 12.1. The molecule has 2 N–H and O–H groups in total. The van der Waals surface area contributed by atoms with Gasteiger partial charge in [-0.1, -0.05) is 35.3 Å². The fourth-order valence-corrected chi connectivity index (χ4v) is 4.83. The average Bonchev–Trinajstić information content (AvgIpc) is 3.72. The molecule has 1 heterocycles. The van der Waals surface area contributed by atoms with Gasteiger partial charge in [-0.05, 0) is 72.7 Å². The van der Waals surface area contributed by atoms with Crippen LogP contribution in [0.5, 0.6) is 17.2 Å². The zero-order valence-electron chi connectivity index (χ0n) is 19.8. The fraction of sp³-hybridized carbons (Fsp3) is 0.286. The summed E-state index contributed by atoms with van der Waals surface area (Å²) in [6, 6.07) is 16.1. The van der Waals surface area contributed by atoms with Gasteiger partial charge in [-0.25, -0.2) is 4.79 Å². The molecule has 1 aliphatic heterocycles. The molecule has 9 heteroatoms. The molecule has 0 radical (unpaired) electrons. The van der Waals surface area contributed by atoms with Gasteiger partial charge in [-0.3, -0.25) is 4.79 Å². The van der Waals surface area contributed by atoms with Crippen molar-refractivity contribution in [2.75, 3.05) is 13.2 Å². The van der Waals surface area contributed by atoms with E-state index in [4.69, 9.17) is 42.5 Å². The van der Waals surface area contributed by atoms with E-state index in [9.17, 15) is 9.59 Å². The minimum Gasteiger partial charge on any atom is -0.493 e. The van der Waals surface area contributed by atoms with E-state index in [1.54, 1.807) is 36.4 Å². The molecule has 1 amide bonds. The Labute approximate surface area is 224 Å². The lowest BCUT2D eigenvalue weighted by molar-refractivity contribution is 0.0326. The topological polar surface area (TPSA) is 94.1 Å². The van der Waals surface area contributed by atoms with Gasteiger partial charge < -0.3 is 24.6 Å². The van der Waals surface area contributed by atoms with Crippen LogP contribution in [0, 0.1) is 0 Å². The maximum atomic E-state index is 12.6. The van der Waals surface area contributed by atoms with Crippen LogP contribution in [0.25, 0.3) is 0 Å². The summed E-state index contributed by atoms with van der Waals surface area (Å²) in [7, 11) is 0. The molecule has 0 saturated heterocycles. The Morgan fingerprint density at radius 3 is 2.49 bits per heavy atom. The molecule has 2 aliphatic rings. The van der Waals surface area contributed by atoms with Crippen molar-refractivity contribution in [1.29, 1.82) is 0 Å². The van der Waals surface area contributed by atoms with Gasteiger partial charge in [0.2, 0.25) is 0 Å². The zero-order valence-corrected chi connectivity index (χ0v) is 21.3. The SMILES string of the molecule is O=C(O)OC1CCOc2cc(Oc3ccc(C(=O)NCCc4ccc(C5CC5)cc4Cl)cc3)c(Cl)cc21. The number of fused-ring (bicyclic) bond motifs is 1. The molecule has 3 aromatic rings. The Morgan fingerprint density at radius 1 is 1.00 bits per heavy atom. The number of hydrogen-bond donors (Lipinski definition) is 2. The molecule has 192 valence electrons. The van der Waals surface area contributed by atoms with Crippen LogP contribution in [0.2, 0.25) is 10.0 Å². The third-order valence-electron chi connectivity index (χ3n) is 6.44. The van der Waals surface area contributed by atoms with Gasteiger partial charge in [0.25, 0.3) is 5.91 Å². The number of carbonyl (C=O) groups is 2. The van der Waals surface area contributed by atoms with E-state index in [0.717, 1.165) is 10.6 Å². The Kier molecular flexibility index (Phi) is 7.44. The van der Waals surface area contributed by atoms with Gasteiger partial charge in [0.15, 0.2) is 0 Å². The summed E-state index contributed by atoms with van der Waals surface area (Å²) in [5, 5.41) is 12.9. The molecular formula is C28H25Cl2NO6. The van der Waals surface area contributed by atoms with Crippen molar-refractivity contribution in [2.45, 2.75) is 37.7 Å². The summed E-state index contributed by atoms with van der Waals surface area (Å²) in [5.41, 5.74) is 3.36. The molecule has 5 rings (SSSR count). The standard InChI is InChI=1S/C28H25Cl2NO6/c29-22-13-19(16-1-2-16)4-3-17(22)9-11-31-27(32)18-5-7-20(8-6-18)36-26-15-25-21(14-23(26)30)24(10-12-35-25)37-28(33)34/h3-8,13-16,24H,1-2,9-12H2,(H,31,32)(H,33,34). The normalized spacial score (nSPS) is 16.3. The van der Waals surface area contributed by atoms with Crippen molar-refractivity contribution in [3.63, 3.8) is 0 Å². The number of nitrogens with one attached hydrogen (secondary N) is 1. The molecule has 0 bridgehead atoms. The van der Waals surface area contributed by atoms with Crippen molar-refractivity contribution in [3.8, 4) is 17.2 Å². The van der Waals surface area contributed by atoms with Gasteiger partial charge in [0.1, 0.15) is 23.4 Å². The smallest absolute Gasteiger partial charge is 0.493 e. The van der Waals surface area contributed by atoms with E-state index in [1.807, 2.05) is 12.1 Å². The highest BCUT2D eigenvalue weighted by molar-refractivity contribution is 6.32. The largest absolute Gasteiger partial charge is 0.506 e. The van der Waals surface area contributed by atoms with Crippen LogP contribution < -0.4 is 14.8 Å². The van der Waals surface area contributed by atoms with Crippen molar-refractivity contribution in [3.05, 3.63) is 86.9 Å². The van der Waals surface area contributed by atoms with Crippen LogP contribution in [0.4, 0.5) is 4.79 Å².